The van der Waals surface area contributed by atoms with E-state index in [1.807, 2.05) is 20.8 Å². The second kappa shape index (κ2) is 4.21. The van der Waals surface area contributed by atoms with Crippen molar-refractivity contribution in [2.75, 3.05) is 0 Å². The average molecular weight is 223 g/mol. The minimum absolute atomic E-state index is 0.0972. The molecule has 90 valence electrons. The molecule has 2 bridgehead atoms. The summed E-state index contributed by atoms with van der Waals surface area (Å²) < 4.78 is 5.33. The summed E-state index contributed by atoms with van der Waals surface area (Å²) in [7, 11) is 0. The van der Waals surface area contributed by atoms with Crippen molar-refractivity contribution in [2.45, 2.75) is 64.1 Å². The molecule has 1 saturated heterocycles. The predicted octanol–water partition coefficient (Wildman–Crippen LogP) is 2.17. The molecule has 0 spiro atoms. The number of ether oxygens (including phenoxy) is 1. The van der Waals surface area contributed by atoms with Gasteiger partial charge in [0.25, 0.3) is 0 Å². The Bertz CT molecular complexity index is 314. The van der Waals surface area contributed by atoms with E-state index in [0.29, 0.717) is 18.5 Å². The average Bonchev–Trinajstić information content (AvgIpc) is 2.42. The van der Waals surface area contributed by atoms with E-state index < -0.39 is 0 Å². The lowest BCUT2D eigenvalue weighted by atomic mass is 10.0. The second-order valence-electron chi connectivity index (χ2n) is 5.84. The van der Waals surface area contributed by atoms with Crippen LogP contribution in [0, 0.1) is 0 Å². The number of carbonyl (C=O) groups is 1. The third-order valence-corrected chi connectivity index (χ3v) is 3.01. The van der Waals surface area contributed by atoms with Crippen molar-refractivity contribution < 1.29 is 9.53 Å². The Morgan fingerprint density at radius 2 is 2.25 bits per heavy atom. The summed E-state index contributed by atoms with van der Waals surface area (Å²) in [4.78, 5) is 11.7. The Morgan fingerprint density at radius 1 is 1.50 bits per heavy atom. The molecule has 1 N–H and O–H groups in total. The number of rotatable bonds is 2. The zero-order valence-electron chi connectivity index (χ0n) is 10.4. The molecule has 0 radical (unpaired) electrons. The highest BCUT2D eigenvalue weighted by atomic mass is 16.6. The largest absolute Gasteiger partial charge is 0.460 e. The highest BCUT2D eigenvalue weighted by Gasteiger charge is 2.29. The smallest absolute Gasteiger partial charge is 0.310 e. The number of esters is 1. The molecule has 2 aliphatic rings. The topological polar surface area (TPSA) is 38.3 Å². The standard InChI is InChI=1S/C13H21NO2/c1-13(2,3)16-12(15)8-9-6-10-4-5-11(7-9)14-10/h6,10-11,14H,4-5,7-8H2,1-3H3. The van der Waals surface area contributed by atoms with E-state index in [1.165, 1.54) is 18.4 Å². The van der Waals surface area contributed by atoms with Crippen LogP contribution in [0.15, 0.2) is 11.6 Å². The first-order chi connectivity index (χ1) is 7.42. The Morgan fingerprint density at radius 3 is 2.88 bits per heavy atom. The molecule has 2 atom stereocenters. The van der Waals surface area contributed by atoms with Crippen molar-refractivity contribution in [3.05, 3.63) is 11.6 Å². The van der Waals surface area contributed by atoms with Crippen LogP contribution in [-0.4, -0.2) is 23.7 Å². The summed E-state index contributed by atoms with van der Waals surface area (Å²) in [6, 6.07) is 1.09. The van der Waals surface area contributed by atoms with Crippen molar-refractivity contribution >= 4 is 5.97 Å². The number of carbonyl (C=O) groups excluding carboxylic acids is 1. The minimum atomic E-state index is -0.371. The SMILES string of the molecule is CC(C)(C)OC(=O)CC1=CC2CCC(C1)N2. The number of hydrogen-bond donors (Lipinski definition) is 1. The quantitative estimate of drug-likeness (QED) is 0.576. The molecule has 0 saturated carbocycles. The maximum Gasteiger partial charge on any atom is 0.310 e. The molecule has 2 heterocycles. The van der Waals surface area contributed by atoms with Crippen LogP contribution in [0.25, 0.3) is 0 Å². The van der Waals surface area contributed by atoms with Crippen LogP contribution < -0.4 is 5.32 Å². The van der Waals surface area contributed by atoms with E-state index in [2.05, 4.69) is 11.4 Å². The molecule has 2 rings (SSSR count). The van der Waals surface area contributed by atoms with Crippen LogP contribution in [-0.2, 0) is 9.53 Å². The van der Waals surface area contributed by atoms with Gasteiger partial charge in [-0.05, 0) is 40.0 Å². The summed E-state index contributed by atoms with van der Waals surface area (Å²) in [6.07, 6.45) is 6.14. The highest BCUT2D eigenvalue weighted by Crippen LogP contribution is 2.28. The third kappa shape index (κ3) is 3.08. The van der Waals surface area contributed by atoms with E-state index in [1.54, 1.807) is 0 Å². The maximum atomic E-state index is 11.7. The molecule has 0 aromatic carbocycles. The number of hydrogen-bond acceptors (Lipinski definition) is 3. The maximum absolute atomic E-state index is 11.7. The zero-order chi connectivity index (χ0) is 11.8. The van der Waals surface area contributed by atoms with Crippen molar-refractivity contribution in [3.63, 3.8) is 0 Å². The predicted molar refractivity (Wildman–Crippen MR) is 63.1 cm³/mol. The normalized spacial score (nSPS) is 28.8. The summed E-state index contributed by atoms with van der Waals surface area (Å²) in [5, 5.41) is 3.51. The number of nitrogens with one attached hydrogen (secondary N) is 1. The van der Waals surface area contributed by atoms with Gasteiger partial charge in [0.15, 0.2) is 0 Å². The third-order valence-electron chi connectivity index (χ3n) is 3.01. The van der Waals surface area contributed by atoms with Gasteiger partial charge in [0.2, 0.25) is 0 Å². The van der Waals surface area contributed by atoms with Crippen LogP contribution in [0.4, 0.5) is 0 Å². The summed E-state index contributed by atoms with van der Waals surface area (Å²) in [5.41, 5.74) is 0.879. The lowest BCUT2D eigenvalue weighted by Crippen LogP contribution is -2.33. The molecular weight excluding hydrogens is 202 g/mol. The van der Waals surface area contributed by atoms with E-state index in [0.717, 1.165) is 6.42 Å². The van der Waals surface area contributed by atoms with Gasteiger partial charge in [-0.1, -0.05) is 11.6 Å². The lowest BCUT2D eigenvalue weighted by molar-refractivity contribution is -0.153. The molecule has 16 heavy (non-hydrogen) atoms. The van der Waals surface area contributed by atoms with E-state index in [-0.39, 0.29) is 11.6 Å². The van der Waals surface area contributed by atoms with Gasteiger partial charge in [0, 0.05) is 12.1 Å². The lowest BCUT2D eigenvalue weighted by Gasteiger charge is -2.23. The molecule has 2 unspecified atom stereocenters. The van der Waals surface area contributed by atoms with Gasteiger partial charge < -0.3 is 10.1 Å². The van der Waals surface area contributed by atoms with Gasteiger partial charge in [0.1, 0.15) is 5.60 Å². The molecule has 1 fully saturated rings. The monoisotopic (exact) mass is 223 g/mol. The fourth-order valence-corrected chi connectivity index (χ4v) is 2.51. The van der Waals surface area contributed by atoms with E-state index in [4.69, 9.17) is 4.74 Å². The van der Waals surface area contributed by atoms with Crippen molar-refractivity contribution in [2.24, 2.45) is 0 Å². The molecule has 3 heteroatoms. The molecule has 3 nitrogen and oxygen atoms in total. The van der Waals surface area contributed by atoms with E-state index >= 15 is 0 Å². The first kappa shape index (κ1) is 11.6. The van der Waals surface area contributed by atoms with Crippen LogP contribution in [0.1, 0.15) is 46.5 Å². The molecule has 0 amide bonds. The van der Waals surface area contributed by atoms with Gasteiger partial charge in [0.05, 0.1) is 6.42 Å². The Kier molecular flexibility index (Phi) is 3.06. The fraction of sp³-hybridized carbons (Fsp3) is 0.769. The first-order valence-electron chi connectivity index (χ1n) is 6.10. The van der Waals surface area contributed by atoms with Crippen LogP contribution in [0.2, 0.25) is 0 Å². The summed E-state index contributed by atoms with van der Waals surface area (Å²) >= 11 is 0. The van der Waals surface area contributed by atoms with Crippen LogP contribution in [0.5, 0.6) is 0 Å². The van der Waals surface area contributed by atoms with Crippen molar-refractivity contribution in [1.82, 2.24) is 5.32 Å². The molecular formula is C13H21NO2. The zero-order valence-corrected chi connectivity index (χ0v) is 10.4. The van der Waals surface area contributed by atoms with Gasteiger partial charge in [-0.25, -0.2) is 0 Å². The van der Waals surface area contributed by atoms with Gasteiger partial charge in [-0.15, -0.1) is 0 Å². The van der Waals surface area contributed by atoms with Crippen molar-refractivity contribution in [1.29, 1.82) is 0 Å². The fourth-order valence-electron chi connectivity index (χ4n) is 2.51. The van der Waals surface area contributed by atoms with Crippen molar-refractivity contribution in [3.8, 4) is 0 Å². The summed E-state index contributed by atoms with van der Waals surface area (Å²) in [6.45, 7) is 5.72. The van der Waals surface area contributed by atoms with E-state index in [9.17, 15) is 4.79 Å². The van der Waals surface area contributed by atoms with Gasteiger partial charge >= 0.3 is 5.97 Å². The first-order valence-corrected chi connectivity index (χ1v) is 6.10. The molecule has 2 aliphatic heterocycles. The second-order valence-corrected chi connectivity index (χ2v) is 5.84. The molecule has 0 aliphatic carbocycles. The Hall–Kier alpha value is -0.830. The number of fused-ring (bicyclic) bond motifs is 2. The van der Waals surface area contributed by atoms with Crippen LogP contribution >= 0.6 is 0 Å². The Labute approximate surface area is 97.2 Å². The van der Waals surface area contributed by atoms with Gasteiger partial charge in [-0.3, -0.25) is 4.79 Å². The Balaban J connectivity index is 1.88. The van der Waals surface area contributed by atoms with Crippen LogP contribution in [0.3, 0.4) is 0 Å². The highest BCUT2D eigenvalue weighted by molar-refractivity contribution is 5.73. The van der Waals surface area contributed by atoms with Gasteiger partial charge in [-0.2, -0.15) is 0 Å². The molecule has 0 aromatic rings. The summed E-state index contributed by atoms with van der Waals surface area (Å²) in [5.74, 6) is -0.0972. The minimum Gasteiger partial charge on any atom is -0.460 e. The molecule has 0 aromatic heterocycles.